The van der Waals surface area contributed by atoms with Crippen LogP contribution < -0.4 is 5.32 Å². The molecule has 0 amide bonds. The van der Waals surface area contributed by atoms with E-state index in [9.17, 15) is 0 Å². The molecule has 80 valence electrons. The number of nitrogens with zero attached hydrogens (tertiary/aromatic N) is 1. The Hall–Kier alpha value is -0.860. The van der Waals surface area contributed by atoms with Crippen molar-refractivity contribution in [2.45, 2.75) is 19.0 Å². The summed E-state index contributed by atoms with van der Waals surface area (Å²) in [5.41, 5.74) is 1.45. The first-order chi connectivity index (χ1) is 7.43. The quantitative estimate of drug-likeness (QED) is 0.781. The van der Waals surface area contributed by atoms with Crippen LogP contribution in [0.15, 0.2) is 30.3 Å². The third kappa shape index (κ3) is 1.80. The fraction of sp³-hybridized carbons (Fsp3) is 0.538. The van der Waals surface area contributed by atoms with Gasteiger partial charge < -0.3 is 5.32 Å². The summed E-state index contributed by atoms with van der Waals surface area (Å²) in [5.74, 6) is 0.919. The number of likely N-dealkylation sites (tertiary alicyclic amines) is 1. The number of benzene rings is 1. The van der Waals surface area contributed by atoms with E-state index >= 15 is 0 Å². The van der Waals surface area contributed by atoms with E-state index in [4.69, 9.17) is 0 Å². The molecule has 15 heavy (non-hydrogen) atoms. The summed E-state index contributed by atoms with van der Waals surface area (Å²) in [6, 6.07) is 11.7. The molecule has 2 saturated heterocycles. The van der Waals surface area contributed by atoms with Gasteiger partial charge in [0.25, 0.3) is 0 Å². The number of hydrogen-bond donors (Lipinski definition) is 1. The Bertz CT molecular complexity index is 323. The minimum atomic E-state index is 0.853. The maximum atomic E-state index is 3.47. The van der Waals surface area contributed by atoms with E-state index in [1.807, 2.05) is 0 Å². The molecule has 0 aliphatic carbocycles. The Morgan fingerprint density at radius 1 is 1.27 bits per heavy atom. The second kappa shape index (κ2) is 3.95. The second-order valence-electron chi connectivity index (χ2n) is 4.74. The van der Waals surface area contributed by atoms with Gasteiger partial charge in [0.2, 0.25) is 0 Å². The van der Waals surface area contributed by atoms with Crippen LogP contribution in [0.3, 0.4) is 0 Å². The smallest absolute Gasteiger partial charge is 0.0236 e. The Balaban J connectivity index is 1.61. The molecule has 0 bridgehead atoms. The molecule has 2 nitrogen and oxygen atoms in total. The second-order valence-corrected chi connectivity index (χ2v) is 4.74. The molecule has 0 saturated carbocycles. The molecule has 2 heterocycles. The molecule has 0 aromatic heterocycles. The topological polar surface area (TPSA) is 15.3 Å². The predicted octanol–water partition coefficient (Wildman–Crippen LogP) is 1.48. The Kier molecular flexibility index (Phi) is 2.47. The molecular weight excluding hydrogens is 184 g/mol. The molecule has 0 spiro atoms. The van der Waals surface area contributed by atoms with Crippen LogP contribution in [0.5, 0.6) is 0 Å². The van der Waals surface area contributed by atoms with Crippen LogP contribution in [0.2, 0.25) is 0 Å². The van der Waals surface area contributed by atoms with E-state index in [2.05, 4.69) is 40.5 Å². The summed E-state index contributed by atoms with van der Waals surface area (Å²) in [7, 11) is 0. The van der Waals surface area contributed by atoms with E-state index in [1.54, 1.807) is 0 Å². The van der Waals surface area contributed by atoms with Gasteiger partial charge in [-0.25, -0.2) is 0 Å². The van der Waals surface area contributed by atoms with Gasteiger partial charge in [-0.05, 0) is 24.4 Å². The molecular formula is C13H18N2. The maximum Gasteiger partial charge on any atom is 0.0236 e. The molecule has 2 fully saturated rings. The highest BCUT2D eigenvalue weighted by Gasteiger charge is 2.39. The van der Waals surface area contributed by atoms with Crippen molar-refractivity contribution >= 4 is 0 Å². The minimum absolute atomic E-state index is 0.853. The molecule has 2 atom stereocenters. The normalized spacial score (nSPS) is 30.7. The summed E-state index contributed by atoms with van der Waals surface area (Å²) in [5, 5.41) is 3.47. The van der Waals surface area contributed by atoms with Crippen molar-refractivity contribution in [3.8, 4) is 0 Å². The lowest BCUT2D eigenvalue weighted by Crippen LogP contribution is -2.62. The van der Waals surface area contributed by atoms with E-state index in [0.29, 0.717) is 0 Å². The van der Waals surface area contributed by atoms with Crippen LogP contribution >= 0.6 is 0 Å². The van der Waals surface area contributed by atoms with Crippen molar-refractivity contribution in [3.63, 3.8) is 0 Å². The predicted molar refractivity (Wildman–Crippen MR) is 61.6 cm³/mol. The van der Waals surface area contributed by atoms with Gasteiger partial charge in [-0.2, -0.15) is 0 Å². The average Bonchev–Trinajstić information content (AvgIpc) is 2.27. The largest absolute Gasteiger partial charge is 0.316 e. The highest BCUT2D eigenvalue weighted by molar-refractivity contribution is 5.15. The van der Waals surface area contributed by atoms with Crippen LogP contribution in [-0.2, 0) is 6.54 Å². The summed E-state index contributed by atoms with van der Waals surface area (Å²) >= 11 is 0. The maximum absolute atomic E-state index is 3.47. The van der Waals surface area contributed by atoms with Crippen LogP contribution in [-0.4, -0.2) is 30.6 Å². The van der Waals surface area contributed by atoms with Gasteiger partial charge in [0.1, 0.15) is 0 Å². The van der Waals surface area contributed by atoms with Crippen molar-refractivity contribution in [1.29, 1.82) is 0 Å². The minimum Gasteiger partial charge on any atom is -0.316 e. The lowest BCUT2D eigenvalue weighted by atomic mass is 9.83. The molecule has 1 aromatic rings. The van der Waals surface area contributed by atoms with E-state index in [1.165, 1.54) is 31.6 Å². The molecule has 1 N–H and O–H groups in total. The molecule has 1 aromatic carbocycles. The summed E-state index contributed by atoms with van der Waals surface area (Å²) in [6.45, 7) is 4.86. The number of fused-ring (bicyclic) bond motifs is 1. The van der Waals surface area contributed by atoms with Crippen LogP contribution in [0.1, 0.15) is 12.0 Å². The van der Waals surface area contributed by atoms with Crippen LogP contribution in [0.4, 0.5) is 0 Å². The third-order valence-corrected chi connectivity index (χ3v) is 3.73. The molecule has 3 rings (SSSR count). The highest BCUT2D eigenvalue weighted by Crippen LogP contribution is 2.30. The highest BCUT2D eigenvalue weighted by atomic mass is 15.2. The Labute approximate surface area is 91.3 Å². The average molecular weight is 202 g/mol. The Morgan fingerprint density at radius 3 is 2.93 bits per heavy atom. The van der Waals surface area contributed by atoms with E-state index in [0.717, 1.165) is 18.5 Å². The zero-order valence-corrected chi connectivity index (χ0v) is 9.02. The Morgan fingerprint density at radius 2 is 2.13 bits per heavy atom. The number of hydrogen-bond acceptors (Lipinski definition) is 2. The first kappa shape index (κ1) is 9.37. The molecule has 0 unspecified atom stereocenters. The van der Waals surface area contributed by atoms with Gasteiger partial charge in [-0.3, -0.25) is 4.90 Å². The fourth-order valence-corrected chi connectivity index (χ4v) is 2.87. The SMILES string of the molecule is c1ccc(CN2C[C@@H]3CNCC[C@H]32)cc1. The van der Waals surface area contributed by atoms with Gasteiger partial charge in [0.05, 0.1) is 0 Å². The van der Waals surface area contributed by atoms with Gasteiger partial charge in [-0.15, -0.1) is 0 Å². The van der Waals surface area contributed by atoms with Gasteiger partial charge >= 0.3 is 0 Å². The molecule has 2 aliphatic heterocycles. The molecule has 2 heteroatoms. The zero-order chi connectivity index (χ0) is 10.1. The van der Waals surface area contributed by atoms with E-state index in [-0.39, 0.29) is 0 Å². The van der Waals surface area contributed by atoms with Gasteiger partial charge in [0, 0.05) is 25.7 Å². The number of piperidine rings is 1. The first-order valence-corrected chi connectivity index (χ1v) is 5.92. The van der Waals surface area contributed by atoms with Crippen molar-refractivity contribution in [1.82, 2.24) is 10.2 Å². The molecule has 2 aliphatic rings. The van der Waals surface area contributed by atoms with Gasteiger partial charge in [-0.1, -0.05) is 30.3 Å². The summed E-state index contributed by atoms with van der Waals surface area (Å²) in [4.78, 5) is 2.63. The van der Waals surface area contributed by atoms with Crippen molar-refractivity contribution in [3.05, 3.63) is 35.9 Å². The molecule has 0 radical (unpaired) electrons. The summed E-state index contributed by atoms with van der Waals surface area (Å²) in [6.07, 6.45) is 1.33. The van der Waals surface area contributed by atoms with Crippen LogP contribution in [0, 0.1) is 5.92 Å². The number of nitrogens with one attached hydrogen (secondary N) is 1. The van der Waals surface area contributed by atoms with Crippen molar-refractivity contribution in [2.24, 2.45) is 5.92 Å². The first-order valence-electron chi connectivity index (χ1n) is 5.92. The number of rotatable bonds is 2. The third-order valence-electron chi connectivity index (χ3n) is 3.73. The standard InChI is InChI=1S/C13H18N2/c1-2-4-11(5-3-1)9-15-10-12-8-14-7-6-13(12)15/h1-5,12-14H,6-10H2/t12-,13+/m0/s1. The van der Waals surface area contributed by atoms with Gasteiger partial charge in [0.15, 0.2) is 0 Å². The zero-order valence-electron chi connectivity index (χ0n) is 9.02. The summed E-state index contributed by atoms with van der Waals surface area (Å²) < 4.78 is 0. The lowest BCUT2D eigenvalue weighted by molar-refractivity contribution is -0.0121. The monoisotopic (exact) mass is 202 g/mol. The van der Waals surface area contributed by atoms with E-state index < -0.39 is 0 Å². The van der Waals surface area contributed by atoms with Crippen molar-refractivity contribution < 1.29 is 0 Å². The fourth-order valence-electron chi connectivity index (χ4n) is 2.87. The van der Waals surface area contributed by atoms with Crippen molar-refractivity contribution in [2.75, 3.05) is 19.6 Å². The lowest BCUT2D eigenvalue weighted by Gasteiger charge is -2.51. The van der Waals surface area contributed by atoms with Crippen LogP contribution in [0.25, 0.3) is 0 Å².